The Kier molecular flexibility index (Phi) is 3.27. The molecule has 0 radical (unpaired) electrons. The molecule has 1 amide bonds. The van der Waals surface area contributed by atoms with Gasteiger partial charge in [0.25, 0.3) is 5.91 Å². The van der Waals surface area contributed by atoms with Gasteiger partial charge in [0.1, 0.15) is 19.0 Å². The molecule has 0 saturated carbocycles. The normalized spacial score (nSPS) is 12.8. The molecule has 0 aromatic heterocycles. The number of phenols is 1. The summed E-state index contributed by atoms with van der Waals surface area (Å²) in [5, 5.41) is 12.3. The Hall–Kier alpha value is -2.89. The Balaban J connectivity index is 1.88. The molecule has 0 spiro atoms. The van der Waals surface area contributed by atoms with Crippen LogP contribution in [0.15, 0.2) is 36.4 Å². The monoisotopic (exact) mass is 286 g/mol. The van der Waals surface area contributed by atoms with E-state index in [1.807, 2.05) is 0 Å². The number of benzene rings is 2. The van der Waals surface area contributed by atoms with E-state index in [1.54, 1.807) is 24.3 Å². The number of aromatic hydroxyl groups is 1. The third-order valence-electron chi connectivity index (χ3n) is 3.11. The molecule has 2 aromatic carbocycles. The van der Waals surface area contributed by atoms with Crippen LogP contribution in [0.1, 0.15) is 10.4 Å². The fourth-order valence-electron chi connectivity index (χ4n) is 2.07. The van der Waals surface area contributed by atoms with Crippen molar-refractivity contribution in [1.29, 1.82) is 0 Å². The second kappa shape index (κ2) is 5.24. The summed E-state index contributed by atoms with van der Waals surface area (Å²) in [6, 6.07) is 9.50. The quantitative estimate of drug-likeness (QED) is 0.734. The number of hydrogen-bond acceptors (Lipinski definition) is 5. The van der Waals surface area contributed by atoms with E-state index in [0.717, 1.165) is 0 Å². The van der Waals surface area contributed by atoms with Gasteiger partial charge < -0.3 is 25.6 Å². The van der Waals surface area contributed by atoms with Gasteiger partial charge in [0.05, 0.1) is 16.9 Å². The van der Waals surface area contributed by atoms with Crippen molar-refractivity contribution in [2.24, 2.45) is 0 Å². The molecule has 21 heavy (non-hydrogen) atoms. The van der Waals surface area contributed by atoms with Crippen LogP contribution in [0.4, 0.5) is 11.4 Å². The van der Waals surface area contributed by atoms with Gasteiger partial charge in [-0.2, -0.15) is 0 Å². The topological polar surface area (TPSA) is 93.8 Å². The number of ether oxygens (including phenoxy) is 2. The first kappa shape index (κ1) is 13.1. The van der Waals surface area contributed by atoms with E-state index >= 15 is 0 Å². The molecule has 108 valence electrons. The molecule has 1 aliphatic rings. The number of carbonyl (C=O) groups excluding carboxylic acids is 1. The molecule has 0 unspecified atom stereocenters. The smallest absolute Gasteiger partial charge is 0.259 e. The summed E-state index contributed by atoms with van der Waals surface area (Å²) in [5.41, 5.74) is 6.84. The average molecular weight is 286 g/mol. The zero-order valence-electron chi connectivity index (χ0n) is 11.1. The van der Waals surface area contributed by atoms with Crippen molar-refractivity contribution in [3.63, 3.8) is 0 Å². The van der Waals surface area contributed by atoms with Gasteiger partial charge in [0, 0.05) is 12.1 Å². The number of nitrogens with one attached hydrogen (secondary N) is 1. The first-order valence-electron chi connectivity index (χ1n) is 6.43. The predicted octanol–water partition coefficient (Wildman–Crippen LogP) is 2.00. The number of hydrogen-bond donors (Lipinski definition) is 3. The van der Waals surface area contributed by atoms with Gasteiger partial charge in [-0.1, -0.05) is 12.1 Å². The number of anilines is 2. The van der Waals surface area contributed by atoms with E-state index in [4.69, 9.17) is 15.2 Å². The Morgan fingerprint density at radius 2 is 1.81 bits per heavy atom. The first-order valence-corrected chi connectivity index (χ1v) is 6.43. The number of amides is 1. The van der Waals surface area contributed by atoms with Crippen LogP contribution in [0.2, 0.25) is 0 Å². The van der Waals surface area contributed by atoms with Crippen molar-refractivity contribution in [1.82, 2.24) is 0 Å². The number of para-hydroxylation sites is 1. The van der Waals surface area contributed by atoms with Crippen LogP contribution in [-0.4, -0.2) is 24.2 Å². The SMILES string of the molecule is Nc1cc2c(cc1NC(=O)c1ccccc1O)OCCO2. The van der Waals surface area contributed by atoms with Gasteiger partial charge >= 0.3 is 0 Å². The molecule has 0 aliphatic carbocycles. The second-order valence-electron chi connectivity index (χ2n) is 4.55. The van der Waals surface area contributed by atoms with Crippen LogP contribution in [-0.2, 0) is 0 Å². The number of fused-ring (bicyclic) bond motifs is 1. The fraction of sp³-hybridized carbons (Fsp3) is 0.133. The molecule has 6 heteroatoms. The summed E-state index contributed by atoms with van der Waals surface area (Å²) in [5.74, 6) is 0.546. The summed E-state index contributed by atoms with van der Waals surface area (Å²) in [6.07, 6.45) is 0. The Labute approximate surface area is 121 Å². The summed E-state index contributed by atoms with van der Waals surface area (Å²) in [6.45, 7) is 0.916. The number of rotatable bonds is 2. The minimum absolute atomic E-state index is 0.0916. The molecular formula is C15H14N2O4. The maximum absolute atomic E-state index is 12.2. The van der Waals surface area contributed by atoms with E-state index in [2.05, 4.69) is 5.32 Å². The predicted molar refractivity (Wildman–Crippen MR) is 77.9 cm³/mol. The van der Waals surface area contributed by atoms with E-state index < -0.39 is 5.91 Å². The van der Waals surface area contributed by atoms with Crippen molar-refractivity contribution in [2.45, 2.75) is 0 Å². The third-order valence-corrected chi connectivity index (χ3v) is 3.11. The third kappa shape index (κ3) is 2.55. The molecule has 6 nitrogen and oxygen atoms in total. The summed E-state index contributed by atoms with van der Waals surface area (Å²) >= 11 is 0. The standard InChI is InChI=1S/C15H14N2O4/c16-10-7-13-14(21-6-5-20-13)8-11(10)17-15(19)9-3-1-2-4-12(9)18/h1-4,7-8,18H,5-6,16H2,(H,17,19). The van der Waals surface area contributed by atoms with Crippen LogP contribution < -0.4 is 20.5 Å². The lowest BCUT2D eigenvalue weighted by molar-refractivity contribution is 0.102. The van der Waals surface area contributed by atoms with Gasteiger partial charge in [-0.25, -0.2) is 0 Å². The molecule has 1 heterocycles. The van der Waals surface area contributed by atoms with Gasteiger partial charge in [-0.15, -0.1) is 0 Å². The van der Waals surface area contributed by atoms with E-state index in [1.165, 1.54) is 12.1 Å². The van der Waals surface area contributed by atoms with E-state index in [9.17, 15) is 9.90 Å². The van der Waals surface area contributed by atoms with Gasteiger partial charge in [0.15, 0.2) is 11.5 Å². The second-order valence-corrected chi connectivity index (χ2v) is 4.55. The molecule has 0 fully saturated rings. The van der Waals surface area contributed by atoms with E-state index in [0.29, 0.717) is 36.1 Å². The average Bonchev–Trinajstić information content (AvgIpc) is 2.48. The summed E-state index contributed by atoms with van der Waals surface area (Å²) in [4.78, 5) is 12.2. The number of nitrogen functional groups attached to an aromatic ring is 1. The molecule has 4 N–H and O–H groups in total. The number of phenolic OH excluding ortho intramolecular Hbond substituents is 1. The minimum Gasteiger partial charge on any atom is -0.507 e. The minimum atomic E-state index is -0.448. The zero-order valence-corrected chi connectivity index (χ0v) is 11.1. The largest absolute Gasteiger partial charge is 0.507 e. The molecule has 0 atom stereocenters. The van der Waals surface area contributed by atoms with Gasteiger partial charge in [-0.3, -0.25) is 4.79 Å². The van der Waals surface area contributed by atoms with Crippen molar-refractivity contribution in [3.8, 4) is 17.2 Å². The van der Waals surface area contributed by atoms with Crippen LogP contribution >= 0.6 is 0 Å². The maximum Gasteiger partial charge on any atom is 0.259 e. The number of nitrogens with two attached hydrogens (primary N) is 1. The summed E-state index contributed by atoms with van der Waals surface area (Å²) in [7, 11) is 0. The Bertz CT molecular complexity index is 700. The van der Waals surface area contributed by atoms with Crippen LogP contribution in [0.3, 0.4) is 0 Å². The highest BCUT2D eigenvalue weighted by atomic mass is 16.6. The fourth-order valence-corrected chi connectivity index (χ4v) is 2.07. The lowest BCUT2D eigenvalue weighted by atomic mass is 10.1. The zero-order chi connectivity index (χ0) is 14.8. The highest BCUT2D eigenvalue weighted by Gasteiger charge is 2.17. The van der Waals surface area contributed by atoms with Crippen molar-refractivity contribution < 1.29 is 19.4 Å². The van der Waals surface area contributed by atoms with Crippen molar-refractivity contribution >= 4 is 17.3 Å². The first-order chi connectivity index (χ1) is 10.1. The summed E-state index contributed by atoms with van der Waals surface area (Å²) < 4.78 is 10.9. The van der Waals surface area contributed by atoms with Gasteiger partial charge in [0.2, 0.25) is 0 Å². The molecule has 0 saturated heterocycles. The molecule has 3 rings (SSSR count). The maximum atomic E-state index is 12.2. The molecule has 2 aromatic rings. The van der Waals surface area contributed by atoms with Crippen molar-refractivity contribution in [3.05, 3.63) is 42.0 Å². The highest BCUT2D eigenvalue weighted by molar-refractivity contribution is 6.07. The van der Waals surface area contributed by atoms with E-state index in [-0.39, 0.29) is 11.3 Å². The lowest BCUT2D eigenvalue weighted by Crippen LogP contribution is -2.17. The molecular weight excluding hydrogens is 272 g/mol. The van der Waals surface area contributed by atoms with Crippen molar-refractivity contribution in [2.75, 3.05) is 24.3 Å². The van der Waals surface area contributed by atoms with Crippen LogP contribution in [0, 0.1) is 0 Å². The van der Waals surface area contributed by atoms with Crippen LogP contribution in [0.5, 0.6) is 17.2 Å². The lowest BCUT2D eigenvalue weighted by Gasteiger charge is -2.20. The van der Waals surface area contributed by atoms with Gasteiger partial charge in [-0.05, 0) is 12.1 Å². The molecule has 1 aliphatic heterocycles. The van der Waals surface area contributed by atoms with Crippen LogP contribution in [0.25, 0.3) is 0 Å². The Morgan fingerprint density at radius 3 is 2.52 bits per heavy atom. The molecule has 0 bridgehead atoms. The number of carbonyl (C=O) groups is 1. The Morgan fingerprint density at radius 1 is 1.14 bits per heavy atom. The highest BCUT2D eigenvalue weighted by Crippen LogP contribution is 2.37.